The molecule has 0 aliphatic carbocycles. The van der Waals surface area contributed by atoms with Crippen molar-refractivity contribution in [2.75, 3.05) is 24.8 Å². The maximum atomic E-state index is 14.0. The van der Waals surface area contributed by atoms with Gasteiger partial charge in [0.05, 0.1) is 11.7 Å². The number of halogens is 3. The molecule has 3 aromatic rings. The van der Waals surface area contributed by atoms with E-state index < -0.39 is 39.2 Å². The molecule has 1 aliphatic heterocycles. The van der Waals surface area contributed by atoms with E-state index in [2.05, 4.69) is 25.3 Å². The standard InChI is InChI=1S/C25H33F3N6O5S/c1-15(39-21-8-6-7-11-37-21)22-31-17-13-30-20(12-18(17)34(22)16(2)25(26,27)28)32-19-9-10-29-23(33-19)38-14-24(3,4)40(5,35)36/h9-10,12-13,15-16,21H,6-8,11,14H2,1-5H3,(H,29,30,32,33)/t15?,16-,21+/m0/s1. The number of sulfone groups is 1. The number of rotatable bonds is 10. The Morgan fingerprint density at radius 1 is 1.18 bits per heavy atom. The second-order valence-corrected chi connectivity index (χ2v) is 13.0. The molecule has 0 aromatic carbocycles. The van der Waals surface area contributed by atoms with E-state index in [1.165, 1.54) is 38.4 Å². The molecule has 1 unspecified atom stereocenters. The van der Waals surface area contributed by atoms with Crippen molar-refractivity contribution in [1.29, 1.82) is 0 Å². The fourth-order valence-electron chi connectivity index (χ4n) is 3.99. The Kier molecular flexibility index (Phi) is 8.57. The van der Waals surface area contributed by atoms with E-state index in [-0.39, 0.29) is 41.1 Å². The van der Waals surface area contributed by atoms with Crippen LogP contribution in [0.1, 0.15) is 64.9 Å². The second-order valence-electron chi connectivity index (χ2n) is 10.4. The lowest BCUT2D eigenvalue weighted by atomic mass is 10.2. The minimum absolute atomic E-state index is 0.0725. The molecule has 0 radical (unpaired) electrons. The van der Waals surface area contributed by atoms with Gasteiger partial charge in [-0.25, -0.2) is 23.4 Å². The molecule has 4 heterocycles. The number of pyridine rings is 1. The third-order valence-corrected chi connectivity index (χ3v) is 8.89. The van der Waals surface area contributed by atoms with Gasteiger partial charge in [0.2, 0.25) is 0 Å². The molecule has 0 bridgehead atoms. The third-order valence-electron chi connectivity index (χ3n) is 6.76. The van der Waals surface area contributed by atoms with Gasteiger partial charge >= 0.3 is 12.2 Å². The smallest absolute Gasteiger partial charge is 0.408 e. The summed E-state index contributed by atoms with van der Waals surface area (Å²) >= 11 is 0. The van der Waals surface area contributed by atoms with Crippen LogP contribution in [0.25, 0.3) is 11.0 Å². The lowest BCUT2D eigenvalue weighted by Gasteiger charge is -2.27. The van der Waals surface area contributed by atoms with Gasteiger partial charge in [0.25, 0.3) is 0 Å². The Bertz CT molecular complexity index is 1440. The lowest BCUT2D eigenvalue weighted by Crippen LogP contribution is -2.37. The molecular formula is C25H33F3N6O5S. The van der Waals surface area contributed by atoms with Gasteiger partial charge in [0, 0.05) is 25.1 Å². The summed E-state index contributed by atoms with van der Waals surface area (Å²) in [6.45, 7) is 6.13. The Hall–Kier alpha value is -3.04. The zero-order chi connectivity index (χ0) is 29.3. The number of nitrogens with zero attached hydrogens (tertiary/aromatic N) is 5. The van der Waals surface area contributed by atoms with Crippen LogP contribution in [0, 0.1) is 0 Å². The van der Waals surface area contributed by atoms with Crippen LogP contribution in [0.5, 0.6) is 6.01 Å². The van der Waals surface area contributed by atoms with Crippen molar-refractivity contribution in [1.82, 2.24) is 24.5 Å². The summed E-state index contributed by atoms with van der Waals surface area (Å²) in [6.07, 6.45) is 0.553. The van der Waals surface area contributed by atoms with E-state index in [0.717, 1.165) is 30.6 Å². The minimum atomic E-state index is -4.54. The first-order chi connectivity index (χ1) is 18.7. The predicted octanol–water partition coefficient (Wildman–Crippen LogP) is 4.89. The lowest BCUT2D eigenvalue weighted by molar-refractivity contribution is -0.190. The van der Waals surface area contributed by atoms with E-state index in [1.54, 1.807) is 6.92 Å². The Morgan fingerprint density at radius 2 is 1.93 bits per heavy atom. The number of alkyl halides is 3. The van der Waals surface area contributed by atoms with Crippen LogP contribution in [0.2, 0.25) is 0 Å². The monoisotopic (exact) mass is 586 g/mol. The van der Waals surface area contributed by atoms with E-state index in [0.29, 0.717) is 13.0 Å². The molecule has 1 fully saturated rings. The molecule has 1 saturated heterocycles. The van der Waals surface area contributed by atoms with E-state index in [4.69, 9.17) is 14.2 Å². The molecule has 220 valence electrons. The van der Waals surface area contributed by atoms with Gasteiger partial charge in [-0.15, -0.1) is 0 Å². The molecule has 15 heteroatoms. The van der Waals surface area contributed by atoms with Crippen LogP contribution in [0.3, 0.4) is 0 Å². The van der Waals surface area contributed by atoms with Gasteiger partial charge in [-0.3, -0.25) is 0 Å². The molecule has 1 aliphatic rings. The summed E-state index contributed by atoms with van der Waals surface area (Å²) < 4.78 is 82.7. The molecule has 0 saturated carbocycles. The molecule has 11 nitrogen and oxygen atoms in total. The molecule has 40 heavy (non-hydrogen) atoms. The van der Waals surface area contributed by atoms with Crippen LogP contribution in [0.4, 0.5) is 24.8 Å². The summed E-state index contributed by atoms with van der Waals surface area (Å²) in [5.74, 6) is 0.564. The van der Waals surface area contributed by atoms with Crippen molar-refractivity contribution >= 4 is 32.5 Å². The maximum absolute atomic E-state index is 14.0. The molecule has 3 atom stereocenters. The molecule has 0 spiro atoms. The SMILES string of the molecule is CC(O[C@@H]1CCCCO1)c1nc2cnc(Nc3ccnc(OCC(C)(C)S(C)(=O)=O)n3)cc2n1[C@@H](C)C(F)(F)F. The summed E-state index contributed by atoms with van der Waals surface area (Å²) in [5, 5.41) is 2.94. The van der Waals surface area contributed by atoms with Gasteiger partial charge in [-0.05, 0) is 53.0 Å². The van der Waals surface area contributed by atoms with Crippen molar-refractivity contribution in [2.24, 2.45) is 0 Å². The summed E-state index contributed by atoms with van der Waals surface area (Å²) in [4.78, 5) is 16.9. The Morgan fingerprint density at radius 3 is 2.58 bits per heavy atom. The summed E-state index contributed by atoms with van der Waals surface area (Å²) in [5.41, 5.74) is 0.476. The highest BCUT2D eigenvalue weighted by Gasteiger charge is 2.40. The van der Waals surface area contributed by atoms with Crippen LogP contribution < -0.4 is 10.1 Å². The van der Waals surface area contributed by atoms with E-state index >= 15 is 0 Å². The maximum Gasteiger partial charge on any atom is 0.408 e. The fraction of sp³-hybridized carbons (Fsp3) is 0.600. The molecule has 3 aromatic heterocycles. The summed E-state index contributed by atoms with van der Waals surface area (Å²) in [7, 11) is -3.40. The molecule has 0 amide bonds. The molecule has 4 rings (SSSR count). The van der Waals surface area contributed by atoms with Gasteiger partial charge < -0.3 is 24.1 Å². The highest BCUT2D eigenvalue weighted by atomic mass is 32.2. The summed E-state index contributed by atoms with van der Waals surface area (Å²) in [6, 6.07) is 1.00. The normalized spacial score (nSPS) is 18.4. The largest absolute Gasteiger partial charge is 0.462 e. The number of hydrogen-bond donors (Lipinski definition) is 1. The number of nitrogens with one attached hydrogen (secondary N) is 1. The van der Waals surface area contributed by atoms with Gasteiger partial charge in [-0.1, -0.05) is 0 Å². The van der Waals surface area contributed by atoms with Crippen LogP contribution in [0.15, 0.2) is 24.5 Å². The predicted molar refractivity (Wildman–Crippen MR) is 141 cm³/mol. The molecular weight excluding hydrogens is 553 g/mol. The number of fused-ring (bicyclic) bond motifs is 1. The first-order valence-corrected chi connectivity index (χ1v) is 14.7. The van der Waals surface area contributed by atoms with Crippen LogP contribution >= 0.6 is 0 Å². The number of aromatic nitrogens is 5. The Labute approximate surface area is 230 Å². The quantitative estimate of drug-likeness (QED) is 0.350. The van der Waals surface area contributed by atoms with Crippen LogP contribution in [-0.2, 0) is 19.3 Å². The second kappa shape index (κ2) is 11.4. The topological polar surface area (TPSA) is 130 Å². The Balaban J connectivity index is 1.61. The average Bonchev–Trinajstić information content (AvgIpc) is 3.25. The molecule has 1 N–H and O–H groups in total. The third kappa shape index (κ3) is 6.81. The first-order valence-electron chi connectivity index (χ1n) is 12.8. The highest BCUT2D eigenvalue weighted by molar-refractivity contribution is 7.92. The average molecular weight is 587 g/mol. The highest BCUT2D eigenvalue weighted by Crippen LogP contribution is 2.37. The van der Waals surface area contributed by atoms with Crippen molar-refractivity contribution in [3.63, 3.8) is 0 Å². The van der Waals surface area contributed by atoms with Crippen molar-refractivity contribution in [3.8, 4) is 6.01 Å². The van der Waals surface area contributed by atoms with Crippen molar-refractivity contribution in [2.45, 2.75) is 76.3 Å². The van der Waals surface area contributed by atoms with Gasteiger partial charge in [0.15, 0.2) is 16.1 Å². The van der Waals surface area contributed by atoms with E-state index in [9.17, 15) is 21.6 Å². The number of hydrogen-bond acceptors (Lipinski definition) is 10. The minimum Gasteiger partial charge on any atom is -0.462 e. The number of imidazole rings is 1. The number of anilines is 2. The van der Waals surface area contributed by atoms with E-state index in [1.807, 2.05) is 0 Å². The first kappa shape index (κ1) is 29.9. The van der Waals surface area contributed by atoms with Crippen LogP contribution in [-0.4, -0.2) is 69.6 Å². The number of ether oxygens (including phenoxy) is 3. The van der Waals surface area contributed by atoms with Crippen molar-refractivity contribution in [3.05, 3.63) is 30.4 Å². The van der Waals surface area contributed by atoms with Gasteiger partial charge in [0.1, 0.15) is 46.5 Å². The fourth-order valence-corrected chi connectivity index (χ4v) is 4.26. The zero-order valence-electron chi connectivity index (χ0n) is 22.9. The van der Waals surface area contributed by atoms with Crippen molar-refractivity contribution < 1.29 is 35.8 Å². The zero-order valence-corrected chi connectivity index (χ0v) is 23.7. The van der Waals surface area contributed by atoms with Gasteiger partial charge in [-0.2, -0.15) is 18.2 Å².